The first-order valence-corrected chi connectivity index (χ1v) is 5.94. The molecule has 1 rings (SSSR count). The fourth-order valence-electron chi connectivity index (χ4n) is 0.890. The molecular formula is C9H8Cl3NS. The molecule has 14 heavy (non-hydrogen) atoms. The molecule has 76 valence electrons. The lowest BCUT2D eigenvalue weighted by molar-refractivity contribution is 1.42. The summed E-state index contributed by atoms with van der Waals surface area (Å²) in [6.45, 7) is 1.72. The minimum Gasteiger partial charge on any atom is -0.299 e. The molecule has 0 saturated carbocycles. The van der Waals surface area contributed by atoms with Gasteiger partial charge in [-0.15, -0.1) is 11.8 Å². The van der Waals surface area contributed by atoms with Gasteiger partial charge in [-0.1, -0.05) is 34.8 Å². The molecule has 0 spiro atoms. The van der Waals surface area contributed by atoms with Gasteiger partial charge >= 0.3 is 0 Å². The van der Waals surface area contributed by atoms with Crippen LogP contribution in [0.2, 0.25) is 15.1 Å². The first-order chi connectivity index (χ1) is 6.50. The van der Waals surface area contributed by atoms with Crippen molar-refractivity contribution in [1.29, 1.82) is 5.41 Å². The van der Waals surface area contributed by atoms with Crippen molar-refractivity contribution in [2.45, 2.75) is 12.7 Å². The standard InChI is InChI=1S/C9H8Cl3NS/c1-5(13)14-4-7-8(11)2-6(10)3-9(7)12/h2-3,13H,4H2,1H3. The van der Waals surface area contributed by atoms with Crippen LogP contribution in [-0.4, -0.2) is 5.04 Å². The highest BCUT2D eigenvalue weighted by Crippen LogP contribution is 2.31. The number of benzene rings is 1. The Morgan fingerprint density at radius 2 is 1.79 bits per heavy atom. The molecule has 0 amide bonds. The molecule has 0 heterocycles. The van der Waals surface area contributed by atoms with Crippen LogP contribution < -0.4 is 0 Å². The fraction of sp³-hybridized carbons (Fsp3) is 0.222. The first kappa shape index (κ1) is 12.2. The molecule has 0 unspecified atom stereocenters. The zero-order valence-electron chi connectivity index (χ0n) is 7.40. The maximum atomic E-state index is 7.28. The van der Waals surface area contributed by atoms with E-state index in [1.807, 2.05) is 0 Å². The summed E-state index contributed by atoms with van der Waals surface area (Å²) >= 11 is 19.1. The van der Waals surface area contributed by atoms with Crippen LogP contribution in [0.3, 0.4) is 0 Å². The fourth-order valence-corrected chi connectivity index (χ4v) is 2.67. The molecular weight excluding hydrogens is 261 g/mol. The van der Waals surface area contributed by atoms with Crippen LogP contribution in [0.25, 0.3) is 0 Å². The zero-order chi connectivity index (χ0) is 10.7. The lowest BCUT2D eigenvalue weighted by atomic mass is 10.2. The van der Waals surface area contributed by atoms with Gasteiger partial charge in [-0.05, 0) is 24.6 Å². The molecule has 0 aliphatic heterocycles. The van der Waals surface area contributed by atoms with Crippen LogP contribution in [0.1, 0.15) is 12.5 Å². The zero-order valence-corrected chi connectivity index (χ0v) is 10.5. The van der Waals surface area contributed by atoms with E-state index in [0.29, 0.717) is 25.9 Å². The van der Waals surface area contributed by atoms with Gasteiger partial charge in [0.25, 0.3) is 0 Å². The Hall–Kier alpha value is 0.110. The second kappa shape index (κ2) is 5.26. The summed E-state index contributed by atoms with van der Waals surface area (Å²) in [6.07, 6.45) is 0. The third-order valence-electron chi connectivity index (χ3n) is 1.54. The van der Waals surface area contributed by atoms with Crippen molar-refractivity contribution in [3.63, 3.8) is 0 Å². The normalized spacial score (nSPS) is 10.3. The van der Waals surface area contributed by atoms with E-state index in [2.05, 4.69) is 0 Å². The first-order valence-electron chi connectivity index (χ1n) is 3.82. The van der Waals surface area contributed by atoms with Crippen molar-refractivity contribution >= 4 is 51.6 Å². The van der Waals surface area contributed by atoms with Crippen LogP contribution in [0.5, 0.6) is 0 Å². The molecule has 0 radical (unpaired) electrons. The smallest absolute Gasteiger partial charge is 0.0613 e. The van der Waals surface area contributed by atoms with Crippen molar-refractivity contribution < 1.29 is 0 Å². The predicted octanol–water partition coefficient (Wildman–Crippen LogP) is 4.88. The van der Waals surface area contributed by atoms with Crippen molar-refractivity contribution in [3.8, 4) is 0 Å². The molecule has 5 heteroatoms. The molecule has 0 saturated heterocycles. The number of nitrogens with one attached hydrogen (secondary N) is 1. The van der Waals surface area contributed by atoms with Gasteiger partial charge in [-0.25, -0.2) is 0 Å². The summed E-state index contributed by atoms with van der Waals surface area (Å²) in [5.41, 5.74) is 0.828. The van der Waals surface area contributed by atoms with Crippen LogP contribution in [0.15, 0.2) is 12.1 Å². The SMILES string of the molecule is CC(=N)SCc1c(Cl)cc(Cl)cc1Cl. The van der Waals surface area contributed by atoms with E-state index in [-0.39, 0.29) is 0 Å². The number of hydrogen-bond acceptors (Lipinski definition) is 2. The van der Waals surface area contributed by atoms with Gasteiger partial charge < -0.3 is 0 Å². The third kappa shape index (κ3) is 3.35. The van der Waals surface area contributed by atoms with E-state index in [9.17, 15) is 0 Å². The Kier molecular flexibility index (Phi) is 4.58. The van der Waals surface area contributed by atoms with Gasteiger partial charge in [0.05, 0.1) is 5.04 Å². The van der Waals surface area contributed by atoms with Crippen LogP contribution in [0.4, 0.5) is 0 Å². The van der Waals surface area contributed by atoms with Crippen LogP contribution in [-0.2, 0) is 5.75 Å². The predicted molar refractivity (Wildman–Crippen MR) is 66.2 cm³/mol. The quantitative estimate of drug-likeness (QED) is 0.600. The molecule has 1 aromatic rings. The van der Waals surface area contributed by atoms with E-state index < -0.39 is 0 Å². The Labute approximate surface area is 102 Å². The van der Waals surface area contributed by atoms with Crippen molar-refractivity contribution in [1.82, 2.24) is 0 Å². The molecule has 1 nitrogen and oxygen atoms in total. The van der Waals surface area contributed by atoms with E-state index in [1.54, 1.807) is 19.1 Å². The summed E-state index contributed by atoms with van der Waals surface area (Å²) in [5, 5.41) is 9.44. The van der Waals surface area contributed by atoms with Crippen molar-refractivity contribution in [3.05, 3.63) is 32.8 Å². The van der Waals surface area contributed by atoms with E-state index in [0.717, 1.165) is 5.56 Å². The van der Waals surface area contributed by atoms with Gasteiger partial charge in [-0.3, -0.25) is 5.41 Å². The number of hydrogen-bond donors (Lipinski definition) is 1. The summed E-state index contributed by atoms with van der Waals surface area (Å²) in [5.74, 6) is 0.601. The molecule has 0 atom stereocenters. The highest BCUT2D eigenvalue weighted by molar-refractivity contribution is 8.13. The average Bonchev–Trinajstić information content (AvgIpc) is 2.01. The van der Waals surface area contributed by atoms with Crippen molar-refractivity contribution in [2.24, 2.45) is 0 Å². The number of thioether (sulfide) groups is 1. The third-order valence-corrected chi connectivity index (χ3v) is 3.30. The summed E-state index contributed by atoms with van der Waals surface area (Å²) in [7, 11) is 0. The van der Waals surface area contributed by atoms with Gasteiger partial charge in [0, 0.05) is 20.8 Å². The molecule has 0 aliphatic carbocycles. The van der Waals surface area contributed by atoms with E-state index in [4.69, 9.17) is 40.2 Å². The lowest BCUT2D eigenvalue weighted by Crippen LogP contribution is -1.88. The van der Waals surface area contributed by atoms with Gasteiger partial charge in [0.15, 0.2) is 0 Å². The lowest BCUT2D eigenvalue weighted by Gasteiger charge is -2.06. The maximum Gasteiger partial charge on any atom is 0.0613 e. The Morgan fingerprint density at radius 1 is 1.29 bits per heavy atom. The Bertz CT molecular complexity index is 342. The Morgan fingerprint density at radius 3 is 2.21 bits per heavy atom. The largest absolute Gasteiger partial charge is 0.299 e. The van der Waals surface area contributed by atoms with Crippen LogP contribution in [0, 0.1) is 5.41 Å². The number of halogens is 3. The molecule has 1 aromatic carbocycles. The van der Waals surface area contributed by atoms with E-state index in [1.165, 1.54) is 11.8 Å². The second-order valence-electron chi connectivity index (χ2n) is 2.69. The molecule has 0 fully saturated rings. The summed E-state index contributed by atoms with van der Waals surface area (Å²) in [4.78, 5) is 0. The van der Waals surface area contributed by atoms with Crippen LogP contribution >= 0.6 is 46.6 Å². The maximum absolute atomic E-state index is 7.28. The van der Waals surface area contributed by atoms with E-state index >= 15 is 0 Å². The monoisotopic (exact) mass is 267 g/mol. The topological polar surface area (TPSA) is 23.9 Å². The van der Waals surface area contributed by atoms with Gasteiger partial charge in [-0.2, -0.15) is 0 Å². The number of rotatable bonds is 2. The van der Waals surface area contributed by atoms with Gasteiger partial charge in [0.1, 0.15) is 0 Å². The summed E-state index contributed by atoms with van der Waals surface area (Å²) in [6, 6.07) is 3.31. The minimum absolute atomic E-state index is 0.528. The minimum atomic E-state index is 0.528. The summed E-state index contributed by atoms with van der Waals surface area (Å²) < 4.78 is 0. The molecule has 0 bridgehead atoms. The highest BCUT2D eigenvalue weighted by atomic mass is 35.5. The average molecular weight is 269 g/mol. The molecule has 1 N–H and O–H groups in total. The Balaban J connectivity index is 2.91. The van der Waals surface area contributed by atoms with Crippen molar-refractivity contribution in [2.75, 3.05) is 0 Å². The second-order valence-corrected chi connectivity index (χ2v) is 5.13. The molecule has 0 aliphatic rings. The van der Waals surface area contributed by atoms with Gasteiger partial charge in [0.2, 0.25) is 0 Å². The highest BCUT2D eigenvalue weighted by Gasteiger charge is 2.07. The molecule has 0 aromatic heterocycles.